The van der Waals surface area contributed by atoms with E-state index in [9.17, 15) is 19.2 Å². The summed E-state index contributed by atoms with van der Waals surface area (Å²) in [6.45, 7) is 11.4. The van der Waals surface area contributed by atoms with E-state index < -0.39 is 35.4 Å². The SMILES string of the molecule is CC.COCC(NC(=O)c1cc(Cc2ncn[nH]2)on1)C(=O)NCC(=O)NC(CC(C)C)C(=O)C1(C)CO1.Cc1ccccc1. The van der Waals surface area contributed by atoms with Crippen molar-refractivity contribution in [3.05, 3.63) is 65.6 Å². The second kappa shape index (κ2) is 18.4. The summed E-state index contributed by atoms with van der Waals surface area (Å²) < 4.78 is 15.4. The number of rotatable bonds is 14. The van der Waals surface area contributed by atoms with Gasteiger partial charge >= 0.3 is 0 Å². The molecule has 14 heteroatoms. The number of carbonyl (C=O) groups is 4. The van der Waals surface area contributed by atoms with Crippen LogP contribution in [0.3, 0.4) is 0 Å². The van der Waals surface area contributed by atoms with Gasteiger partial charge in [-0.2, -0.15) is 5.10 Å². The Morgan fingerprint density at radius 1 is 1.09 bits per heavy atom. The van der Waals surface area contributed by atoms with Crippen LogP contribution in [0.1, 0.15) is 68.7 Å². The molecule has 3 atom stereocenters. The lowest BCUT2D eigenvalue weighted by molar-refractivity contribution is -0.131. The highest BCUT2D eigenvalue weighted by molar-refractivity contribution is 5.98. The number of hydrogen-bond acceptors (Lipinski definition) is 10. The summed E-state index contributed by atoms with van der Waals surface area (Å²) in [5, 5.41) is 17.8. The van der Waals surface area contributed by atoms with Crippen molar-refractivity contribution in [1.29, 1.82) is 0 Å². The number of H-pyrrole nitrogens is 1. The summed E-state index contributed by atoms with van der Waals surface area (Å²) in [6.07, 6.45) is 2.04. The molecule has 0 aliphatic carbocycles. The molecule has 45 heavy (non-hydrogen) atoms. The Labute approximate surface area is 263 Å². The molecule has 3 amide bonds. The second-order valence-corrected chi connectivity index (χ2v) is 10.8. The highest BCUT2D eigenvalue weighted by Gasteiger charge is 2.50. The van der Waals surface area contributed by atoms with Gasteiger partial charge in [0.15, 0.2) is 11.5 Å². The molecule has 3 unspecified atom stereocenters. The topological polar surface area (TPSA) is 194 Å². The van der Waals surface area contributed by atoms with Crippen LogP contribution in [0.2, 0.25) is 0 Å². The molecule has 1 saturated heterocycles. The number of amides is 3. The zero-order chi connectivity index (χ0) is 33.4. The molecule has 1 aliphatic rings. The number of aromatic amines is 1. The zero-order valence-corrected chi connectivity index (χ0v) is 27.0. The Balaban J connectivity index is 0.000000679. The number of nitrogens with zero attached hydrogens (tertiary/aromatic N) is 3. The van der Waals surface area contributed by atoms with Crippen LogP contribution in [0.15, 0.2) is 47.2 Å². The van der Waals surface area contributed by atoms with Gasteiger partial charge in [-0.25, -0.2) is 4.98 Å². The summed E-state index contributed by atoms with van der Waals surface area (Å²) >= 11 is 0. The number of methoxy groups -OCH3 is 1. The van der Waals surface area contributed by atoms with E-state index in [1.165, 1.54) is 25.1 Å². The Morgan fingerprint density at radius 2 is 1.78 bits per heavy atom. The van der Waals surface area contributed by atoms with Gasteiger partial charge in [0.05, 0.1) is 32.2 Å². The van der Waals surface area contributed by atoms with Crippen LogP contribution in [-0.4, -0.2) is 88.4 Å². The average Bonchev–Trinajstić information content (AvgIpc) is 3.36. The monoisotopic (exact) mass is 627 g/mol. The second-order valence-electron chi connectivity index (χ2n) is 10.8. The minimum Gasteiger partial charge on any atom is -0.382 e. The van der Waals surface area contributed by atoms with Crippen LogP contribution in [0.4, 0.5) is 0 Å². The fourth-order valence-electron chi connectivity index (χ4n) is 3.96. The first-order valence-corrected chi connectivity index (χ1v) is 14.9. The number of ether oxygens (including phenoxy) is 2. The van der Waals surface area contributed by atoms with Crippen molar-refractivity contribution in [3.8, 4) is 0 Å². The van der Waals surface area contributed by atoms with Gasteiger partial charge in [0.1, 0.15) is 29.6 Å². The van der Waals surface area contributed by atoms with E-state index in [4.69, 9.17) is 14.0 Å². The molecule has 4 N–H and O–H groups in total. The largest absolute Gasteiger partial charge is 0.382 e. The molecule has 246 valence electrons. The van der Waals surface area contributed by atoms with Gasteiger partial charge in [-0.1, -0.05) is 68.7 Å². The molecule has 0 saturated carbocycles. The van der Waals surface area contributed by atoms with Crippen molar-refractivity contribution < 1.29 is 33.2 Å². The molecular formula is C31H45N7O7. The van der Waals surface area contributed by atoms with Gasteiger partial charge < -0.3 is 29.9 Å². The summed E-state index contributed by atoms with van der Waals surface area (Å²) in [5.74, 6) is -0.982. The fourth-order valence-corrected chi connectivity index (χ4v) is 3.96. The lowest BCUT2D eigenvalue weighted by Crippen LogP contribution is -2.53. The molecule has 1 fully saturated rings. The number of Topliss-reactive ketones (excluding diaryl/α,β-unsaturated/α-hetero) is 1. The van der Waals surface area contributed by atoms with Crippen molar-refractivity contribution >= 4 is 23.5 Å². The van der Waals surface area contributed by atoms with Crippen molar-refractivity contribution in [2.75, 3.05) is 26.9 Å². The number of aryl methyl sites for hydroxylation is 1. The summed E-state index contributed by atoms with van der Waals surface area (Å²) in [7, 11) is 1.37. The fraction of sp³-hybridized carbons (Fsp3) is 0.516. The van der Waals surface area contributed by atoms with E-state index in [-0.39, 0.29) is 37.0 Å². The third-order valence-corrected chi connectivity index (χ3v) is 6.37. The number of benzene rings is 1. The molecule has 1 aromatic carbocycles. The highest BCUT2D eigenvalue weighted by atomic mass is 16.6. The van der Waals surface area contributed by atoms with E-state index in [1.807, 2.05) is 45.9 Å². The van der Waals surface area contributed by atoms with Crippen molar-refractivity contribution in [2.24, 2.45) is 5.92 Å². The molecule has 4 rings (SSSR count). The lowest BCUT2D eigenvalue weighted by atomic mass is 9.93. The van der Waals surface area contributed by atoms with Crippen molar-refractivity contribution in [2.45, 2.75) is 72.1 Å². The van der Waals surface area contributed by atoms with Crippen LogP contribution >= 0.6 is 0 Å². The smallest absolute Gasteiger partial charge is 0.274 e. The van der Waals surface area contributed by atoms with Crippen LogP contribution in [-0.2, 0) is 30.3 Å². The van der Waals surface area contributed by atoms with Gasteiger partial charge in [0, 0.05) is 13.2 Å². The quantitative estimate of drug-likeness (QED) is 0.192. The predicted octanol–water partition coefficient (Wildman–Crippen LogP) is 2.15. The van der Waals surface area contributed by atoms with Gasteiger partial charge in [-0.3, -0.25) is 24.3 Å². The van der Waals surface area contributed by atoms with E-state index in [2.05, 4.69) is 55.3 Å². The molecule has 14 nitrogen and oxygen atoms in total. The minimum absolute atomic E-state index is 0.0398. The Kier molecular flexibility index (Phi) is 15.0. The van der Waals surface area contributed by atoms with Crippen LogP contribution < -0.4 is 16.0 Å². The number of epoxide rings is 1. The highest BCUT2D eigenvalue weighted by Crippen LogP contribution is 2.29. The zero-order valence-electron chi connectivity index (χ0n) is 27.0. The molecule has 0 spiro atoms. The van der Waals surface area contributed by atoms with Crippen LogP contribution in [0.25, 0.3) is 0 Å². The van der Waals surface area contributed by atoms with Crippen molar-refractivity contribution in [1.82, 2.24) is 36.3 Å². The van der Waals surface area contributed by atoms with Crippen LogP contribution in [0, 0.1) is 12.8 Å². The van der Waals surface area contributed by atoms with E-state index in [1.54, 1.807) is 6.92 Å². The van der Waals surface area contributed by atoms with Crippen LogP contribution in [0.5, 0.6) is 0 Å². The molecule has 0 radical (unpaired) electrons. The number of ketones is 1. The first-order chi connectivity index (χ1) is 21.5. The summed E-state index contributed by atoms with van der Waals surface area (Å²) in [6, 6.07) is 9.85. The third-order valence-electron chi connectivity index (χ3n) is 6.37. The third kappa shape index (κ3) is 12.6. The molecule has 3 aromatic rings. The first-order valence-electron chi connectivity index (χ1n) is 14.9. The average molecular weight is 628 g/mol. The standard InChI is InChI=1S/C22H31N7O7.C7H8.C2H6/c1-12(2)5-14(19(31)22(3)10-35-22)26-18(30)8-23-20(32)16(9-34-4)27-21(33)15-6-13(36-29-15)7-17-24-11-25-28-17;1-7-5-3-2-4-6-7;1-2/h6,11-12,14,16H,5,7-10H2,1-4H3,(H,23,32)(H,26,30)(H,27,33)(H,24,25,28);2-6H,1H3;1-2H3. The molecule has 0 bridgehead atoms. The van der Waals surface area contributed by atoms with E-state index >= 15 is 0 Å². The number of hydrogen-bond donors (Lipinski definition) is 4. The maximum Gasteiger partial charge on any atom is 0.274 e. The normalized spacial score (nSPS) is 16.2. The van der Waals surface area contributed by atoms with Crippen molar-refractivity contribution in [3.63, 3.8) is 0 Å². The van der Waals surface area contributed by atoms with E-state index in [0.717, 1.165) is 0 Å². The number of carbonyl (C=O) groups excluding carboxylic acids is 4. The Morgan fingerprint density at radius 3 is 2.31 bits per heavy atom. The minimum atomic E-state index is -1.10. The molecule has 3 heterocycles. The Hall–Kier alpha value is -4.43. The maximum absolute atomic E-state index is 12.7. The predicted molar refractivity (Wildman–Crippen MR) is 165 cm³/mol. The van der Waals surface area contributed by atoms with Gasteiger partial charge in [0.2, 0.25) is 11.8 Å². The molecular weight excluding hydrogens is 582 g/mol. The van der Waals surface area contributed by atoms with E-state index in [0.29, 0.717) is 24.6 Å². The first kappa shape index (κ1) is 36.8. The Bertz CT molecular complexity index is 1340. The summed E-state index contributed by atoms with van der Waals surface area (Å²) in [4.78, 5) is 54.3. The number of nitrogens with one attached hydrogen (secondary N) is 4. The number of aromatic nitrogens is 4. The molecule has 1 aliphatic heterocycles. The molecule has 2 aromatic heterocycles. The summed E-state index contributed by atoms with van der Waals surface area (Å²) in [5.41, 5.74) is 0.407. The van der Waals surface area contributed by atoms with Gasteiger partial charge in [-0.15, -0.1) is 0 Å². The van der Waals surface area contributed by atoms with Gasteiger partial charge in [-0.05, 0) is 26.2 Å². The maximum atomic E-state index is 12.7. The lowest BCUT2D eigenvalue weighted by Gasteiger charge is -2.22. The van der Waals surface area contributed by atoms with Gasteiger partial charge in [0.25, 0.3) is 5.91 Å².